The Labute approximate surface area is 101 Å². The summed E-state index contributed by atoms with van der Waals surface area (Å²) in [5.41, 5.74) is -0.544. The number of benzene rings is 1. The molecule has 0 aliphatic rings. The molecule has 0 bridgehead atoms. The van der Waals surface area contributed by atoms with E-state index in [1.165, 1.54) is 27.4 Å². The van der Waals surface area contributed by atoms with Crippen molar-refractivity contribution < 1.29 is 18.6 Å². The van der Waals surface area contributed by atoms with Crippen molar-refractivity contribution in [2.24, 2.45) is 0 Å². The maximum atomic E-state index is 11.7. The van der Waals surface area contributed by atoms with Crippen molar-refractivity contribution in [3.8, 4) is 17.2 Å². The van der Waals surface area contributed by atoms with E-state index in [2.05, 4.69) is 9.40 Å². The zero-order chi connectivity index (χ0) is 13.3. The molecule has 2 rings (SSSR count). The molecule has 0 spiro atoms. The number of hydrogen-bond acceptors (Lipinski definition) is 6. The molecule has 0 unspecified atom stereocenters. The second kappa shape index (κ2) is 4.44. The van der Waals surface area contributed by atoms with E-state index in [1.54, 1.807) is 0 Å². The Hall–Kier alpha value is -2.44. The summed E-state index contributed by atoms with van der Waals surface area (Å²) in [6.45, 7) is 0. The standard InChI is InChI=1S/C11H11NO6/c1-15-6-4-5-7(9(17-3)8(6)16-2)10(13)18-11(14)12-5/h4H,1-3H3,(H,12,14). The topological polar surface area (TPSA) is 90.8 Å². The lowest BCUT2D eigenvalue weighted by Gasteiger charge is -2.13. The minimum absolute atomic E-state index is 0.0924. The molecular formula is C11H11NO6. The number of ether oxygens (including phenoxy) is 3. The van der Waals surface area contributed by atoms with Crippen LogP contribution in [-0.2, 0) is 0 Å². The van der Waals surface area contributed by atoms with Crippen LogP contribution in [0, 0.1) is 0 Å². The van der Waals surface area contributed by atoms with E-state index in [-0.39, 0.29) is 22.4 Å². The molecule has 0 saturated heterocycles. The highest BCUT2D eigenvalue weighted by Gasteiger charge is 2.19. The molecule has 7 nitrogen and oxygen atoms in total. The number of methoxy groups -OCH3 is 3. The molecule has 18 heavy (non-hydrogen) atoms. The van der Waals surface area contributed by atoms with Crippen molar-refractivity contribution in [1.29, 1.82) is 0 Å². The largest absolute Gasteiger partial charge is 0.493 e. The van der Waals surface area contributed by atoms with E-state index in [4.69, 9.17) is 14.2 Å². The number of nitrogens with one attached hydrogen (secondary N) is 1. The molecule has 1 aromatic carbocycles. The first kappa shape index (κ1) is 12.0. The average Bonchev–Trinajstić information content (AvgIpc) is 2.35. The van der Waals surface area contributed by atoms with Crippen molar-refractivity contribution >= 4 is 10.9 Å². The lowest BCUT2D eigenvalue weighted by Crippen LogP contribution is -2.15. The Morgan fingerprint density at radius 1 is 1.06 bits per heavy atom. The minimum Gasteiger partial charge on any atom is -0.493 e. The smallest absolute Gasteiger partial charge is 0.419 e. The Morgan fingerprint density at radius 2 is 1.72 bits per heavy atom. The van der Waals surface area contributed by atoms with Gasteiger partial charge in [0.05, 0.1) is 26.8 Å². The fourth-order valence-corrected chi connectivity index (χ4v) is 1.73. The molecule has 1 aromatic heterocycles. The number of H-pyrrole nitrogens is 1. The predicted molar refractivity (Wildman–Crippen MR) is 62.8 cm³/mol. The predicted octanol–water partition coefficient (Wildman–Crippen LogP) is 0.507. The molecule has 0 fully saturated rings. The van der Waals surface area contributed by atoms with Gasteiger partial charge in [0.2, 0.25) is 5.75 Å². The van der Waals surface area contributed by atoms with Crippen LogP contribution in [0.2, 0.25) is 0 Å². The summed E-state index contributed by atoms with van der Waals surface area (Å²) in [5, 5.41) is 0.0924. The third-order valence-corrected chi connectivity index (χ3v) is 2.46. The quantitative estimate of drug-likeness (QED) is 0.856. The second-order valence-electron chi connectivity index (χ2n) is 3.37. The summed E-state index contributed by atoms with van der Waals surface area (Å²) >= 11 is 0. The molecule has 96 valence electrons. The van der Waals surface area contributed by atoms with Crippen LogP contribution in [0.4, 0.5) is 0 Å². The fraction of sp³-hybridized carbons (Fsp3) is 0.273. The molecule has 0 atom stereocenters. The van der Waals surface area contributed by atoms with Gasteiger partial charge in [0.15, 0.2) is 11.5 Å². The molecular weight excluding hydrogens is 242 g/mol. The molecule has 7 heteroatoms. The van der Waals surface area contributed by atoms with Crippen LogP contribution in [0.1, 0.15) is 0 Å². The number of aromatic amines is 1. The summed E-state index contributed by atoms with van der Waals surface area (Å²) in [6.07, 6.45) is 0. The Bertz CT molecular complexity index is 699. The van der Waals surface area contributed by atoms with Crippen LogP contribution >= 0.6 is 0 Å². The first-order valence-electron chi connectivity index (χ1n) is 4.98. The number of hydrogen-bond donors (Lipinski definition) is 1. The highest BCUT2D eigenvalue weighted by Crippen LogP contribution is 2.41. The fourth-order valence-electron chi connectivity index (χ4n) is 1.73. The van der Waals surface area contributed by atoms with Crippen molar-refractivity contribution in [1.82, 2.24) is 4.98 Å². The van der Waals surface area contributed by atoms with Gasteiger partial charge in [-0.15, -0.1) is 0 Å². The SMILES string of the molecule is COc1cc2[nH]c(=O)oc(=O)c2c(OC)c1OC. The Balaban J connectivity index is 3.02. The molecule has 0 radical (unpaired) electrons. The third kappa shape index (κ3) is 1.69. The van der Waals surface area contributed by atoms with Gasteiger partial charge in [-0.05, 0) is 0 Å². The van der Waals surface area contributed by atoms with Crippen molar-refractivity contribution in [2.45, 2.75) is 0 Å². The van der Waals surface area contributed by atoms with Gasteiger partial charge in [0, 0.05) is 6.07 Å². The van der Waals surface area contributed by atoms with Gasteiger partial charge in [-0.25, -0.2) is 9.59 Å². The van der Waals surface area contributed by atoms with Gasteiger partial charge in [0.25, 0.3) is 0 Å². The van der Waals surface area contributed by atoms with E-state index < -0.39 is 11.4 Å². The first-order chi connectivity index (χ1) is 8.62. The molecule has 1 N–H and O–H groups in total. The number of rotatable bonds is 3. The van der Waals surface area contributed by atoms with Crippen LogP contribution in [-0.4, -0.2) is 26.3 Å². The van der Waals surface area contributed by atoms with Gasteiger partial charge in [-0.1, -0.05) is 0 Å². The number of fused-ring (bicyclic) bond motifs is 1. The second-order valence-corrected chi connectivity index (χ2v) is 3.37. The molecule has 1 heterocycles. The minimum atomic E-state index is -0.846. The third-order valence-electron chi connectivity index (χ3n) is 2.46. The number of aromatic nitrogens is 1. The molecule has 0 saturated carbocycles. The Morgan fingerprint density at radius 3 is 2.28 bits per heavy atom. The van der Waals surface area contributed by atoms with Crippen molar-refractivity contribution in [2.75, 3.05) is 21.3 Å². The normalized spacial score (nSPS) is 10.4. The van der Waals surface area contributed by atoms with Crippen molar-refractivity contribution in [3.05, 3.63) is 27.0 Å². The highest BCUT2D eigenvalue weighted by atomic mass is 16.5. The van der Waals surface area contributed by atoms with Gasteiger partial charge in [0.1, 0.15) is 5.39 Å². The van der Waals surface area contributed by atoms with E-state index in [1.807, 2.05) is 0 Å². The van der Waals surface area contributed by atoms with Gasteiger partial charge in [-0.2, -0.15) is 0 Å². The van der Waals surface area contributed by atoms with Crippen molar-refractivity contribution in [3.63, 3.8) is 0 Å². The first-order valence-corrected chi connectivity index (χ1v) is 4.98. The lowest BCUT2D eigenvalue weighted by molar-refractivity contribution is 0.326. The summed E-state index contributed by atoms with van der Waals surface area (Å²) in [4.78, 5) is 25.2. The molecule has 0 aliphatic heterocycles. The maximum absolute atomic E-state index is 11.7. The van der Waals surface area contributed by atoms with E-state index in [0.29, 0.717) is 5.75 Å². The zero-order valence-electron chi connectivity index (χ0n) is 10.0. The van der Waals surface area contributed by atoms with Crippen LogP contribution in [0.15, 0.2) is 20.1 Å². The van der Waals surface area contributed by atoms with Gasteiger partial charge >= 0.3 is 11.4 Å². The zero-order valence-corrected chi connectivity index (χ0v) is 10.0. The highest BCUT2D eigenvalue weighted by molar-refractivity contribution is 5.89. The summed E-state index contributed by atoms with van der Waals surface area (Å²) in [5.74, 6) is -0.103. The molecule has 2 aromatic rings. The van der Waals surface area contributed by atoms with Crippen LogP contribution in [0.3, 0.4) is 0 Å². The average molecular weight is 253 g/mol. The van der Waals surface area contributed by atoms with E-state index in [0.717, 1.165) is 0 Å². The van der Waals surface area contributed by atoms with Gasteiger partial charge < -0.3 is 18.6 Å². The molecule has 0 amide bonds. The summed E-state index contributed by atoms with van der Waals surface area (Å²) in [6, 6.07) is 1.47. The molecule has 0 aliphatic carbocycles. The van der Waals surface area contributed by atoms with E-state index in [9.17, 15) is 9.59 Å². The van der Waals surface area contributed by atoms with Crippen LogP contribution in [0.5, 0.6) is 17.2 Å². The van der Waals surface area contributed by atoms with Crippen LogP contribution in [0.25, 0.3) is 10.9 Å². The Kier molecular flexibility index (Phi) is 2.97. The van der Waals surface area contributed by atoms with E-state index >= 15 is 0 Å². The van der Waals surface area contributed by atoms with Crippen LogP contribution < -0.4 is 25.6 Å². The lowest BCUT2D eigenvalue weighted by atomic mass is 10.2. The summed E-state index contributed by atoms with van der Waals surface area (Å²) in [7, 11) is 4.23. The van der Waals surface area contributed by atoms with Gasteiger partial charge in [-0.3, -0.25) is 4.98 Å². The maximum Gasteiger partial charge on any atom is 0.419 e. The monoisotopic (exact) mass is 253 g/mol. The summed E-state index contributed by atoms with van der Waals surface area (Å²) < 4.78 is 19.8.